The van der Waals surface area contributed by atoms with E-state index in [9.17, 15) is 0 Å². The minimum atomic E-state index is 0.308. The Morgan fingerprint density at radius 2 is 1.59 bits per heavy atom. The third kappa shape index (κ3) is 1.50. The Balaban J connectivity index is 2.32. The lowest BCUT2D eigenvalue weighted by Gasteiger charge is -2.41. The fourth-order valence-electron chi connectivity index (χ4n) is 3.43. The maximum Gasteiger partial charge on any atom is -0.00628 e. The largest absolute Gasteiger partial charge is 0.0798 e. The van der Waals surface area contributed by atoms with Crippen LogP contribution in [-0.4, -0.2) is 0 Å². The Kier molecular flexibility index (Phi) is 2.12. The number of rotatable bonds is 0. The van der Waals surface area contributed by atoms with Crippen molar-refractivity contribution >= 4 is 5.57 Å². The van der Waals surface area contributed by atoms with Crippen LogP contribution in [0, 0.1) is 0 Å². The van der Waals surface area contributed by atoms with Crippen LogP contribution in [0.3, 0.4) is 0 Å². The first-order valence-electron chi connectivity index (χ1n) is 6.75. The summed E-state index contributed by atoms with van der Waals surface area (Å²) in [4.78, 5) is 0. The highest BCUT2D eigenvalue weighted by molar-refractivity contribution is 5.77. The van der Waals surface area contributed by atoms with Gasteiger partial charge in [-0.1, -0.05) is 52.0 Å². The first kappa shape index (κ1) is 11.1. The van der Waals surface area contributed by atoms with Crippen molar-refractivity contribution in [2.24, 2.45) is 0 Å². The molecule has 1 aromatic rings. The zero-order valence-corrected chi connectivity index (χ0v) is 11.4. The van der Waals surface area contributed by atoms with Crippen LogP contribution in [0.25, 0.3) is 5.57 Å². The molecular formula is C17H22. The molecule has 1 aromatic carbocycles. The van der Waals surface area contributed by atoms with E-state index in [-0.39, 0.29) is 0 Å². The van der Waals surface area contributed by atoms with E-state index in [4.69, 9.17) is 0 Å². The van der Waals surface area contributed by atoms with Gasteiger partial charge in [0.1, 0.15) is 0 Å². The van der Waals surface area contributed by atoms with Gasteiger partial charge in [0.25, 0.3) is 0 Å². The highest BCUT2D eigenvalue weighted by atomic mass is 14.4. The van der Waals surface area contributed by atoms with Crippen molar-refractivity contribution in [2.45, 2.75) is 57.8 Å². The lowest BCUT2D eigenvalue weighted by Crippen LogP contribution is -2.30. The van der Waals surface area contributed by atoms with Crippen LogP contribution in [0.5, 0.6) is 0 Å². The van der Waals surface area contributed by atoms with Crippen molar-refractivity contribution in [3.63, 3.8) is 0 Å². The van der Waals surface area contributed by atoms with Gasteiger partial charge in [-0.05, 0) is 52.4 Å². The molecule has 90 valence electrons. The predicted octanol–water partition coefficient (Wildman–Crippen LogP) is 4.82. The van der Waals surface area contributed by atoms with Crippen LogP contribution in [0.4, 0.5) is 0 Å². The van der Waals surface area contributed by atoms with E-state index in [1.54, 1.807) is 22.3 Å². The molecule has 0 bridgehead atoms. The van der Waals surface area contributed by atoms with Crippen LogP contribution in [0.1, 0.15) is 63.6 Å². The summed E-state index contributed by atoms with van der Waals surface area (Å²) in [5.41, 5.74) is 6.98. The van der Waals surface area contributed by atoms with Gasteiger partial charge in [-0.15, -0.1) is 0 Å². The molecule has 0 radical (unpaired) electrons. The molecule has 2 aliphatic carbocycles. The number of benzene rings is 1. The third-order valence-electron chi connectivity index (χ3n) is 4.72. The summed E-state index contributed by atoms with van der Waals surface area (Å²) in [6.07, 6.45) is 6.23. The Bertz CT molecular complexity index is 501. The summed E-state index contributed by atoms with van der Waals surface area (Å²) in [5.74, 6) is 0. The molecule has 0 N–H and O–H groups in total. The van der Waals surface area contributed by atoms with Crippen molar-refractivity contribution in [3.8, 4) is 0 Å². The minimum absolute atomic E-state index is 0.308. The zero-order chi connectivity index (χ0) is 12.3. The van der Waals surface area contributed by atoms with E-state index < -0.39 is 0 Å². The van der Waals surface area contributed by atoms with Gasteiger partial charge < -0.3 is 0 Å². The molecular weight excluding hydrogens is 204 g/mol. The molecule has 0 atom stereocenters. The molecule has 0 heterocycles. The Morgan fingerprint density at radius 3 is 2.29 bits per heavy atom. The van der Waals surface area contributed by atoms with Crippen molar-refractivity contribution in [2.75, 3.05) is 0 Å². The topological polar surface area (TPSA) is 0 Å². The Labute approximate surface area is 105 Å². The highest BCUT2D eigenvalue weighted by Gasteiger charge is 2.36. The molecule has 0 saturated carbocycles. The summed E-state index contributed by atoms with van der Waals surface area (Å²) in [5, 5.41) is 0. The van der Waals surface area contributed by atoms with Gasteiger partial charge in [0.2, 0.25) is 0 Å². The maximum atomic E-state index is 2.49. The highest BCUT2D eigenvalue weighted by Crippen LogP contribution is 2.49. The third-order valence-corrected chi connectivity index (χ3v) is 4.72. The average Bonchev–Trinajstić information content (AvgIpc) is 2.27. The van der Waals surface area contributed by atoms with Gasteiger partial charge in [-0.3, -0.25) is 0 Å². The summed E-state index contributed by atoms with van der Waals surface area (Å²) < 4.78 is 0. The SMILES string of the molecule is CC1(C)CC=C2CCC(C)(C)c3cccc1c32. The van der Waals surface area contributed by atoms with Crippen LogP contribution in [0.15, 0.2) is 24.3 Å². The van der Waals surface area contributed by atoms with Gasteiger partial charge >= 0.3 is 0 Å². The fraction of sp³-hybridized carbons (Fsp3) is 0.529. The average molecular weight is 226 g/mol. The molecule has 0 nitrogen and oxygen atoms in total. The molecule has 3 rings (SSSR count). The lowest BCUT2D eigenvalue weighted by atomic mass is 9.63. The zero-order valence-electron chi connectivity index (χ0n) is 11.4. The van der Waals surface area contributed by atoms with E-state index in [1.165, 1.54) is 19.3 Å². The first-order chi connectivity index (χ1) is 7.92. The van der Waals surface area contributed by atoms with E-state index in [2.05, 4.69) is 52.0 Å². The maximum absolute atomic E-state index is 2.49. The van der Waals surface area contributed by atoms with Crippen molar-refractivity contribution in [1.29, 1.82) is 0 Å². The van der Waals surface area contributed by atoms with Crippen molar-refractivity contribution in [3.05, 3.63) is 41.0 Å². The first-order valence-corrected chi connectivity index (χ1v) is 6.75. The van der Waals surface area contributed by atoms with Crippen LogP contribution in [0.2, 0.25) is 0 Å². The molecule has 0 heteroatoms. The normalized spacial score (nSPS) is 23.9. The standard InChI is InChI=1S/C17H22/c1-16(2)10-8-12-9-11-17(3,4)14-7-5-6-13(16)15(12)14/h5-8H,9-11H2,1-4H3. The predicted molar refractivity (Wildman–Crippen MR) is 74.3 cm³/mol. The fourth-order valence-corrected chi connectivity index (χ4v) is 3.43. The molecule has 0 aromatic heterocycles. The van der Waals surface area contributed by atoms with Crippen LogP contribution >= 0.6 is 0 Å². The molecule has 0 unspecified atom stereocenters. The summed E-state index contributed by atoms with van der Waals surface area (Å²) in [7, 11) is 0. The van der Waals surface area contributed by atoms with E-state index >= 15 is 0 Å². The lowest BCUT2D eigenvalue weighted by molar-refractivity contribution is 0.458. The minimum Gasteiger partial charge on any atom is -0.0798 e. The van der Waals surface area contributed by atoms with Gasteiger partial charge in [0.05, 0.1) is 0 Å². The van der Waals surface area contributed by atoms with E-state index in [0.29, 0.717) is 10.8 Å². The van der Waals surface area contributed by atoms with Gasteiger partial charge in [-0.25, -0.2) is 0 Å². The monoisotopic (exact) mass is 226 g/mol. The second-order valence-electron chi connectivity index (χ2n) is 6.93. The number of hydrogen-bond donors (Lipinski definition) is 0. The van der Waals surface area contributed by atoms with Gasteiger partial charge in [-0.2, -0.15) is 0 Å². The quantitative estimate of drug-likeness (QED) is 0.595. The van der Waals surface area contributed by atoms with Crippen LogP contribution < -0.4 is 0 Å². The van der Waals surface area contributed by atoms with E-state index in [1.807, 2.05) is 0 Å². The van der Waals surface area contributed by atoms with Crippen LogP contribution in [-0.2, 0) is 10.8 Å². The Hall–Kier alpha value is -1.04. The molecule has 0 fully saturated rings. The smallest absolute Gasteiger partial charge is 0.00628 e. The summed E-state index contributed by atoms with van der Waals surface area (Å²) in [6, 6.07) is 6.94. The second-order valence-corrected chi connectivity index (χ2v) is 6.93. The number of hydrogen-bond acceptors (Lipinski definition) is 0. The molecule has 0 spiro atoms. The molecule has 0 aliphatic heterocycles. The van der Waals surface area contributed by atoms with Gasteiger partial charge in [0.15, 0.2) is 0 Å². The molecule has 2 aliphatic rings. The Morgan fingerprint density at radius 1 is 0.941 bits per heavy atom. The summed E-state index contributed by atoms with van der Waals surface area (Å²) >= 11 is 0. The van der Waals surface area contributed by atoms with Crippen molar-refractivity contribution < 1.29 is 0 Å². The summed E-state index contributed by atoms with van der Waals surface area (Å²) in [6.45, 7) is 9.52. The molecule has 0 saturated heterocycles. The van der Waals surface area contributed by atoms with Crippen molar-refractivity contribution in [1.82, 2.24) is 0 Å². The number of allylic oxidation sites excluding steroid dienone is 2. The van der Waals surface area contributed by atoms with Gasteiger partial charge in [0, 0.05) is 0 Å². The van der Waals surface area contributed by atoms with E-state index in [0.717, 1.165) is 0 Å². The molecule has 17 heavy (non-hydrogen) atoms. The second kappa shape index (κ2) is 3.25. The molecule has 0 amide bonds.